The monoisotopic (exact) mass is 444 g/mol. The second-order valence-electron chi connectivity index (χ2n) is 8.49. The van der Waals surface area contributed by atoms with Crippen LogP contribution in [0.2, 0.25) is 0 Å². The normalized spacial score (nSPS) is 13.8. The van der Waals surface area contributed by atoms with Gasteiger partial charge in [-0.1, -0.05) is 23.8 Å². The van der Waals surface area contributed by atoms with E-state index in [1.54, 1.807) is 32.0 Å². The minimum Gasteiger partial charge on any atom is -0.381 e. The maximum Gasteiger partial charge on any atom is 0.262 e. The molecular weight excluding hydrogens is 412 g/mol. The minimum atomic E-state index is -3.78. The average molecular weight is 445 g/mol. The lowest BCUT2D eigenvalue weighted by Gasteiger charge is -2.16. The van der Waals surface area contributed by atoms with Crippen molar-refractivity contribution < 1.29 is 17.9 Å². The molecule has 0 bridgehead atoms. The smallest absolute Gasteiger partial charge is 0.262 e. The van der Waals surface area contributed by atoms with E-state index in [0.29, 0.717) is 35.5 Å². The Hall–Kier alpha value is -2.38. The highest BCUT2D eigenvalue weighted by atomic mass is 32.2. The van der Waals surface area contributed by atoms with Crippen molar-refractivity contribution >= 4 is 21.6 Å². The van der Waals surface area contributed by atoms with Gasteiger partial charge in [-0.25, -0.2) is 8.42 Å². The molecule has 0 saturated heterocycles. The van der Waals surface area contributed by atoms with Crippen molar-refractivity contribution in [3.05, 3.63) is 58.1 Å². The first kappa shape index (κ1) is 23.3. The Morgan fingerprint density at radius 2 is 1.71 bits per heavy atom. The number of sulfonamides is 1. The van der Waals surface area contributed by atoms with Gasteiger partial charge in [-0.15, -0.1) is 0 Å². The number of benzene rings is 2. The van der Waals surface area contributed by atoms with Crippen LogP contribution in [0.3, 0.4) is 0 Å². The molecule has 1 amide bonds. The molecule has 0 aromatic heterocycles. The van der Waals surface area contributed by atoms with E-state index in [1.807, 2.05) is 26.0 Å². The molecule has 1 saturated carbocycles. The summed E-state index contributed by atoms with van der Waals surface area (Å²) in [5, 5.41) is 2.87. The summed E-state index contributed by atoms with van der Waals surface area (Å²) in [6.45, 7) is 9.29. The van der Waals surface area contributed by atoms with E-state index in [-0.39, 0.29) is 10.8 Å². The Labute approximate surface area is 185 Å². The summed E-state index contributed by atoms with van der Waals surface area (Å²) >= 11 is 0. The van der Waals surface area contributed by atoms with Gasteiger partial charge >= 0.3 is 0 Å². The van der Waals surface area contributed by atoms with E-state index < -0.39 is 10.0 Å². The van der Waals surface area contributed by atoms with Crippen molar-refractivity contribution in [2.75, 3.05) is 24.5 Å². The summed E-state index contributed by atoms with van der Waals surface area (Å²) in [4.78, 5) is 12.8. The molecule has 6 nitrogen and oxygen atoms in total. The highest BCUT2D eigenvalue weighted by Gasteiger charge is 2.22. The van der Waals surface area contributed by atoms with E-state index in [1.165, 1.54) is 12.8 Å². The number of carbonyl (C=O) groups excluding carboxylic acids is 1. The van der Waals surface area contributed by atoms with Gasteiger partial charge in [-0.3, -0.25) is 9.52 Å². The van der Waals surface area contributed by atoms with Crippen LogP contribution >= 0.6 is 0 Å². The maximum absolute atomic E-state index is 13.1. The number of aryl methyl sites for hydroxylation is 4. The number of carbonyl (C=O) groups is 1. The molecule has 2 N–H and O–H groups in total. The second kappa shape index (κ2) is 9.83. The molecule has 2 aromatic rings. The van der Waals surface area contributed by atoms with Gasteiger partial charge in [0.05, 0.1) is 10.6 Å². The Balaban J connectivity index is 1.65. The van der Waals surface area contributed by atoms with Gasteiger partial charge in [0.2, 0.25) is 0 Å². The van der Waals surface area contributed by atoms with Gasteiger partial charge in [-0.2, -0.15) is 0 Å². The van der Waals surface area contributed by atoms with E-state index in [2.05, 4.69) is 10.0 Å². The van der Waals surface area contributed by atoms with Gasteiger partial charge < -0.3 is 10.1 Å². The van der Waals surface area contributed by atoms with Crippen molar-refractivity contribution in [2.45, 2.75) is 51.9 Å². The van der Waals surface area contributed by atoms with Gasteiger partial charge in [0.1, 0.15) is 0 Å². The minimum absolute atomic E-state index is 0.231. The molecule has 0 aliphatic heterocycles. The predicted molar refractivity (Wildman–Crippen MR) is 123 cm³/mol. The molecule has 168 valence electrons. The zero-order chi connectivity index (χ0) is 22.6. The molecule has 0 heterocycles. The third-order valence-electron chi connectivity index (χ3n) is 5.42. The summed E-state index contributed by atoms with van der Waals surface area (Å²) in [6, 6.07) is 8.75. The molecule has 1 aliphatic rings. The number of nitrogens with one attached hydrogen (secondary N) is 2. The third kappa shape index (κ3) is 6.31. The van der Waals surface area contributed by atoms with Crippen molar-refractivity contribution in [2.24, 2.45) is 5.92 Å². The SMILES string of the molecule is Cc1cc(C)c(S(=O)(=O)Nc2cc(C(=O)NCCCOCC3CC3)ccc2C)c(C)c1. The van der Waals surface area contributed by atoms with Crippen molar-refractivity contribution in [1.82, 2.24) is 5.32 Å². The summed E-state index contributed by atoms with van der Waals surface area (Å²) in [7, 11) is -3.78. The fourth-order valence-corrected chi connectivity index (χ4v) is 5.25. The van der Waals surface area contributed by atoms with Gasteiger partial charge in [0, 0.05) is 25.3 Å². The zero-order valence-corrected chi connectivity index (χ0v) is 19.6. The quantitative estimate of drug-likeness (QED) is 0.536. The first-order valence-corrected chi connectivity index (χ1v) is 12.2. The molecule has 0 spiro atoms. The summed E-state index contributed by atoms with van der Waals surface area (Å²) in [5.74, 6) is 0.502. The van der Waals surface area contributed by atoms with Gasteiger partial charge in [0.15, 0.2) is 0 Å². The van der Waals surface area contributed by atoms with Crippen LogP contribution in [0.4, 0.5) is 5.69 Å². The fraction of sp³-hybridized carbons (Fsp3) is 0.458. The highest BCUT2D eigenvalue weighted by Crippen LogP contribution is 2.29. The Morgan fingerprint density at radius 3 is 2.35 bits per heavy atom. The number of ether oxygens (including phenoxy) is 1. The highest BCUT2D eigenvalue weighted by molar-refractivity contribution is 7.92. The zero-order valence-electron chi connectivity index (χ0n) is 18.7. The van der Waals surface area contributed by atoms with Crippen molar-refractivity contribution in [1.29, 1.82) is 0 Å². The van der Waals surface area contributed by atoms with Crippen LogP contribution in [0.1, 0.15) is 51.9 Å². The van der Waals surface area contributed by atoms with Crippen LogP contribution in [-0.2, 0) is 14.8 Å². The molecule has 2 aromatic carbocycles. The van der Waals surface area contributed by atoms with Crippen LogP contribution < -0.4 is 10.0 Å². The lowest BCUT2D eigenvalue weighted by molar-refractivity contribution is 0.0937. The van der Waals surface area contributed by atoms with Crippen LogP contribution in [0.15, 0.2) is 35.2 Å². The van der Waals surface area contributed by atoms with Crippen molar-refractivity contribution in [3.8, 4) is 0 Å². The molecule has 0 radical (unpaired) electrons. The number of amides is 1. The molecular formula is C24H32N2O4S. The standard InChI is InChI=1S/C24H32N2O4S/c1-16-12-18(3)23(19(4)13-16)31(28,29)26-22-14-21(9-6-17(22)2)24(27)25-10-5-11-30-15-20-7-8-20/h6,9,12-14,20,26H,5,7-8,10-11,15H2,1-4H3,(H,25,27). The van der Waals surface area contributed by atoms with Crippen LogP contribution in [0.25, 0.3) is 0 Å². The fourth-order valence-electron chi connectivity index (χ4n) is 3.67. The van der Waals surface area contributed by atoms with Gasteiger partial charge in [-0.05, 0) is 81.7 Å². The summed E-state index contributed by atoms with van der Waals surface area (Å²) in [5.41, 5.74) is 3.97. The number of anilines is 1. The molecule has 3 rings (SSSR count). The van der Waals surface area contributed by atoms with Crippen LogP contribution in [0, 0.1) is 33.6 Å². The molecule has 1 aliphatic carbocycles. The third-order valence-corrected chi connectivity index (χ3v) is 7.09. The first-order valence-electron chi connectivity index (χ1n) is 10.7. The van der Waals surface area contributed by atoms with Crippen LogP contribution in [0.5, 0.6) is 0 Å². The number of rotatable bonds is 10. The van der Waals surface area contributed by atoms with Crippen molar-refractivity contribution in [3.63, 3.8) is 0 Å². The topological polar surface area (TPSA) is 84.5 Å². The van der Waals surface area contributed by atoms with E-state index in [4.69, 9.17) is 4.74 Å². The maximum atomic E-state index is 13.1. The number of hydrogen-bond acceptors (Lipinski definition) is 4. The summed E-state index contributed by atoms with van der Waals surface area (Å²) in [6.07, 6.45) is 3.27. The molecule has 1 fully saturated rings. The Bertz CT molecular complexity index is 1040. The molecule has 31 heavy (non-hydrogen) atoms. The van der Waals surface area contributed by atoms with E-state index in [0.717, 1.165) is 30.1 Å². The van der Waals surface area contributed by atoms with E-state index in [9.17, 15) is 13.2 Å². The van der Waals surface area contributed by atoms with Gasteiger partial charge in [0.25, 0.3) is 15.9 Å². The molecule has 7 heteroatoms. The second-order valence-corrected chi connectivity index (χ2v) is 10.1. The largest absolute Gasteiger partial charge is 0.381 e. The average Bonchev–Trinajstić information content (AvgIpc) is 3.49. The molecule has 0 unspecified atom stereocenters. The predicted octanol–water partition coefficient (Wildman–Crippen LogP) is 4.27. The molecule has 0 atom stereocenters. The lowest BCUT2D eigenvalue weighted by atomic mass is 10.1. The number of hydrogen-bond donors (Lipinski definition) is 2. The lowest BCUT2D eigenvalue weighted by Crippen LogP contribution is -2.25. The Kier molecular flexibility index (Phi) is 7.38. The van der Waals surface area contributed by atoms with Crippen LogP contribution in [-0.4, -0.2) is 34.1 Å². The van der Waals surface area contributed by atoms with E-state index >= 15 is 0 Å². The summed E-state index contributed by atoms with van der Waals surface area (Å²) < 4.78 is 34.4. The Morgan fingerprint density at radius 1 is 1.03 bits per heavy atom. The first-order chi connectivity index (χ1) is 14.7.